The van der Waals surface area contributed by atoms with E-state index in [-0.39, 0.29) is 18.8 Å². The van der Waals surface area contributed by atoms with Gasteiger partial charge in [-0.3, -0.25) is 0 Å². The molecule has 2 heterocycles. The number of benzene rings is 1. The third kappa shape index (κ3) is 5.04. The Hall–Kier alpha value is -3.48. The molecule has 2 aromatic heterocycles. The van der Waals surface area contributed by atoms with Crippen molar-refractivity contribution < 1.29 is 19.1 Å². The predicted octanol–water partition coefficient (Wildman–Crippen LogP) is 5.51. The molecule has 0 spiro atoms. The molecular weight excluding hydrogens is 446 g/mol. The zero-order valence-corrected chi connectivity index (χ0v) is 19.4. The van der Waals surface area contributed by atoms with Gasteiger partial charge in [0, 0.05) is 17.1 Å². The lowest BCUT2D eigenvalue weighted by Crippen LogP contribution is -2.09. The number of anilines is 1. The van der Waals surface area contributed by atoms with E-state index in [1.807, 2.05) is 35.7 Å². The maximum absolute atomic E-state index is 12.5. The van der Waals surface area contributed by atoms with Gasteiger partial charge in [0.25, 0.3) is 0 Å². The maximum Gasteiger partial charge on any atom is 0.348 e. The van der Waals surface area contributed by atoms with Gasteiger partial charge in [-0.2, -0.15) is 5.26 Å². The smallest absolute Gasteiger partial charge is 0.348 e. The van der Waals surface area contributed by atoms with Crippen LogP contribution in [0.4, 0.5) is 5.00 Å². The van der Waals surface area contributed by atoms with Gasteiger partial charge in [0.1, 0.15) is 26.5 Å². The molecule has 0 bridgehead atoms. The van der Waals surface area contributed by atoms with Crippen LogP contribution >= 0.6 is 22.7 Å². The highest BCUT2D eigenvalue weighted by molar-refractivity contribution is 7.18. The fraction of sp³-hybridized carbons (Fsp3) is 0.217. The summed E-state index contributed by atoms with van der Waals surface area (Å²) < 4.78 is 10.2. The first kappa shape index (κ1) is 23.2. The number of hydrogen-bond acceptors (Lipinski definition) is 9. The van der Waals surface area contributed by atoms with Gasteiger partial charge in [-0.25, -0.2) is 14.6 Å². The molecule has 1 N–H and O–H groups in total. The summed E-state index contributed by atoms with van der Waals surface area (Å²) in [4.78, 5) is 29.7. The molecule has 0 unspecified atom stereocenters. The molecule has 0 saturated carbocycles. The van der Waals surface area contributed by atoms with E-state index >= 15 is 0 Å². The number of rotatable bonds is 8. The number of nitriles is 1. The summed E-state index contributed by atoms with van der Waals surface area (Å²) in [6.07, 6.45) is 1.48. The Bertz CT molecular complexity index is 1190. The lowest BCUT2D eigenvalue weighted by Gasteiger charge is -2.05. The number of nitrogens with one attached hydrogen (secondary N) is 1. The second kappa shape index (κ2) is 10.7. The molecule has 9 heteroatoms. The van der Waals surface area contributed by atoms with Crippen LogP contribution in [0.2, 0.25) is 0 Å². The maximum atomic E-state index is 12.5. The Morgan fingerprint density at radius 2 is 1.84 bits per heavy atom. The normalized spacial score (nSPS) is 11.0. The Morgan fingerprint density at radius 3 is 2.50 bits per heavy atom. The number of esters is 2. The van der Waals surface area contributed by atoms with Crippen molar-refractivity contribution in [2.75, 3.05) is 18.5 Å². The zero-order chi connectivity index (χ0) is 23.1. The SMILES string of the molecule is CCOC(=O)c1sc(NC=C(C#N)c2nc(-c3ccccc3)cs2)c(C(=O)OCC)c1C. The number of allylic oxidation sites excluding steroid dienone is 1. The number of thiazole rings is 1. The molecule has 32 heavy (non-hydrogen) atoms. The molecule has 0 aliphatic rings. The van der Waals surface area contributed by atoms with Crippen LogP contribution < -0.4 is 5.32 Å². The van der Waals surface area contributed by atoms with Gasteiger partial charge in [-0.05, 0) is 26.3 Å². The molecule has 3 aromatic rings. The zero-order valence-electron chi connectivity index (χ0n) is 17.8. The van der Waals surface area contributed by atoms with Gasteiger partial charge in [0.15, 0.2) is 0 Å². The standard InChI is InChI=1S/C23H21N3O4S2/c1-4-29-22(27)18-14(3)19(23(28)30-5-2)32-21(18)25-12-16(11-24)20-26-17(13-31-20)15-9-7-6-8-10-15/h6-10,12-13,25H,4-5H2,1-3H3. The van der Waals surface area contributed by atoms with Crippen molar-refractivity contribution >= 4 is 45.2 Å². The first-order chi connectivity index (χ1) is 15.5. The van der Waals surface area contributed by atoms with Gasteiger partial charge in [0.05, 0.1) is 24.5 Å². The highest BCUT2D eigenvalue weighted by Crippen LogP contribution is 2.35. The quantitative estimate of drug-likeness (QED) is 0.344. The Labute approximate surface area is 193 Å². The van der Waals surface area contributed by atoms with Gasteiger partial charge < -0.3 is 14.8 Å². The number of carbonyl (C=O) groups is 2. The summed E-state index contributed by atoms with van der Waals surface area (Å²) in [5.74, 6) is -1.06. The summed E-state index contributed by atoms with van der Waals surface area (Å²) in [5.41, 5.74) is 2.75. The van der Waals surface area contributed by atoms with E-state index in [1.54, 1.807) is 20.8 Å². The van der Waals surface area contributed by atoms with E-state index in [1.165, 1.54) is 17.5 Å². The molecule has 0 atom stereocenters. The Morgan fingerprint density at radius 1 is 1.16 bits per heavy atom. The molecule has 164 valence electrons. The van der Waals surface area contributed by atoms with E-state index in [0.717, 1.165) is 22.6 Å². The van der Waals surface area contributed by atoms with Crippen molar-refractivity contribution in [1.29, 1.82) is 5.26 Å². The first-order valence-corrected chi connectivity index (χ1v) is 11.5. The highest BCUT2D eigenvalue weighted by Gasteiger charge is 2.26. The van der Waals surface area contributed by atoms with Crippen LogP contribution in [0.1, 0.15) is 44.4 Å². The molecule has 0 aliphatic heterocycles. The summed E-state index contributed by atoms with van der Waals surface area (Å²) in [7, 11) is 0. The number of carbonyl (C=O) groups excluding carboxylic acids is 2. The van der Waals surface area contributed by atoms with Crippen molar-refractivity contribution in [1.82, 2.24) is 4.98 Å². The second-order valence-electron chi connectivity index (χ2n) is 6.42. The van der Waals surface area contributed by atoms with E-state index in [0.29, 0.717) is 26.0 Å². The van der Waals surface area contributed by atoms with E-state index < -0.39 is 11.9 Å². The molecule has 7 nitrogen and oxygen atoms in total. The molecule has 0 saturated heterocycles. The average Bonchev–Trinajstić information content (AvgIpc) is 3.40. The molecule has 0 fully saturated rings. The molecule has 0 aliphatic carbocycles. The lowest BCUT2D eigenvalue weighted by atomic mass is 10.1. The fourth-order valence-corrected chi connectivity index (χ4v) is 4.73. The molecule has 1 aromatic carbocycles. The lowest BCUT2D eigenvalue weighted by molar-refractivity contribution is 0.0527. The van der Waals surface area contributed by atoms with Crippen molar-refractivity contribution in [3.63, 3.8) is 0 Å². The van der Waals surface area contributed by atoms with Crippen LogP contribution in [0.15, 0.2) is 41.9 Å². The van der Waals surface area contributed by atoms with Gasteiger partial charge >= 0.3 is 11.9 Å². The van der Waals surface area contributed by atoms with Crippen molar-refractivity contribution in [2.45, 2.75) is 20.8 Å². The summed E-state index contributed by atoms with van der Waals surface area (Å²) >= 11 is 2.43. The third-order valence-electron chi connectivity index (χ3n) is 4.36. The van der Waals surface area contributed by atoms with Gasteiger partial charge in [0.2, 0.25) is 0 Å². The number of aromatic nitrogens is 1. The molecule has 0 radical (unpaired) electrons. The fourth-order valence-electron chi connectivity index (χ4n) is 2.87. The van der Waals surface area contributed by atoms with E-state index in [2.05, 4.69) is 16.4 Å². The van der Waals surface area contributed by atoms with Gasteiger partial charge in [-0.1, -0.05) is 30.3 Å². The van der Waals surface area contributed by atoms with Crippen LogP contribution in [0.25, 0.3) is 16.8 Å². The summed E-state index contributed by atoms with van der Waals surface area (Å²) in [6.45, 7) is 5.51. The largest absolute Gasteiger partial charge is 0.462 e. The second-order valence-corrected chi connectivity index (χ2v) is 8.30. The summed E-state index contributed by atoms with van der Waals surface area (Å²) in [5, 5.41) is 15.5. The Kier molecular flexibility index (Phi) is 7.76. The first-order valence-electron chi connectivity index (χ1n) is 9.85. The minimum atomic E-state index is -0.549. The molecular formula is C23H21N3O4S2. The van der Waals surface area contributed by atoms with E-state index in [9.17, 15) is 14.9 Å². The van der Waals surface area contributed by atoms with Crippen LogP contribution in [-0.4, -0.2) is 30.1 Å². The molecule has 3 rings (SSSR count). The van der Waals surface area contributed by atoms with Crippen molar-refractivity contribution in [3.05, 3.63) is 62.9 Å². The monoisotopic (exact) mass is 467 g/mol. The molecule has 0 amide bonds. The summed E-state index contributed by atoms with van der Waals surface area (Å²) in [6, 6.07) is 11.8. The minimum absolute atomic E-state index is 0.197. The highest BCUT2D eigenvalue weighted by atomic mass is 32.1. The average molecular weight is 468 g/mol. The van der Waals surface area contributed by atoms with Gasteiger partial charge in [-0.15, -0.1) is 22.7 Å². The van der Waals surface area contributed by atoms with Crippen LogP contribution in [-0.2, 0) is 9.47 Å². The topological polar surface area (TPSA) is 101 Å². The van der Waals surface area contributed by atoms with E-state index in [4.69, 9.17) is 9.47 Å². The van der Waals surface area contributed by atoms with Crippen LogP contribution in [0.5, 0.6) is 0 Å². The number of hydrogen-bond donors (Lipinski definition) is 1. The van der Waals surface area contributed by atoms with Crippen molar-refractivity contribution in [3.8, 4) is 17.3 Å². The van der Waals surface area contributed by atoms with Crippen LogP contribution in [0, 0.1) is 18.3 Å². The number of ether oxygens (including phenoxy) is 2. The minimum Gasteiger partial charge on any atom is -0.462 e. The van der Waals surface area contributed by atoms with Crippen LogP contribution in [0.3, 0.4) is 0 Å². The number of thiophene rings is 1. The predicted molar refractivity (Wildman–Crippen MR) is 126 cm³/mol. The van der Waals surface area contributed by atoms with Crippen molar-refractivity contribution in [2.24, 2.45) is 0 Å². The number of nitrogens with zero attached hydrogens (tertiary/aromatic N) is 2. The third-order valence-corrected chi connectivity index (χ3v) is 6.44. The Balaban J connectivity index is 1.93.